The third kappa shape index (κ3) is 4.23. The van der Waals surface area contributed by atoms with Crippen molar-refractivity contribution in [3.8, 4) is 0 Å². The molecule has 0 aliphatic carbocycles. The van der Waals surface area contributed by atoms with Gasteiger partial charge < -0.3 is 10.1 Å². The molecule has 4 rings (SSSR count). The van der Waals surface area contributed by atoms with E-state index in [1.165, 1.54) is 35.5 Å². The van der Waals surface area contributed by atoms with Gasteiger partial charge in [-0.2, -0.15) is 4.31 Å². The van der Waals surface area contributed by atoms with Crippen LogP contribution in [0.25, 0.3) is 0 Å². The molecule has 10 heteroatoms. The second kappa shape index (κ2) is 8.71. The fraction of sp³-hybridized carbons (Fsp3) is 0.318. The lowest BCUT2D eigenvalue weighted by Crippen LogP contribution is -2.41. The molecule has 1 fully saturated rings. The lowest BCUT2D eigenvalue weighted by atomic mass is 10.0. The molecule has 1 atom stereocenters. The van der Waals surface area contributed by atoms with E-state index in [0.29, 0.717) is 26.1 Å². The highest BCUT2D eigenvalue weighted by molar-refractivity contribution is 7.89. The van der Waals surface area contributed by atoms with Gasteiger partial charge in [0.2, 0.25) is 10.0 Å². The molecule has 1 unspecified atom stereocenters. The average molecular weight is 458 g/mol. The van der Waals surface area contributed by atoms with Crippen LogP contribution in [0.2, 0.25) is 0 Å². The quantitative estimate of drug-likeness (QED) is 0.682. The highest BCUT2D eigenvalue weighted by atomic mass is 32.2. The van der Waals surface area contributed by atoms with Crippen LogP contribution in [-0.4, -0.2) is 61.3 Å². The molecule has 2 aliphatic rings. The van der Waals surface area contributed by atoms with E-state index in [9.17, 15) is 22.8 Å². The molecule has 3 amide bonds. The van der Waals surface area contributed by atoms with Gasteiger partial charge in [-0.15, -0.1) is 0 Å². The van der Waals surface area contributed by atoms with E-state index >= 15 is 0 Å². The average Bonchev–Trinajstić information content (AvgIpc) is 3.23. The number of urea groups is 1. The number of sulfonamides is 1. The largest absolute Gasteiger partial charge is 0.449 e. The number of imide groups is 1. The fourth-order valence-electron chi connectivity index (χ4n) is 3.77. The number of carbonyl (C=O) groups excluding carboxylic acids is 3. The molecule has 2 aromatic carbocycles. The zero-order valence-corrected chi connectivity index (χ0v) is 18.3. The molecular formula is C22H23N3O6S. The molecule has 2 aliphatic heterocycles. The van der Waals surface area contributed by atoms with Gasteiger partial charge in [-0.1, -0.05) is 24.3 Å². The number of hydrogen-bond donors (Lipinski definition) is 1. The second-order valence-electron chi connectivity index (χ2n) is 7.65. The molecule has 0 saturated carbocycles. The SMILES string of the molecule is CC(OC(=O)c1ccc(S(=O)(=O)N2CCc3ccccc3C2)cc1)C(=O)N1CCNC1=O. The van der Waals surface area contributed by atoms with Gasteiger partial charge in [-0.05, 0) is 48.7 Å². The number of carbonyl (C=O) groups is 3. The summed E-state index contributed by atoms with van der Waals surface area (Å²) in [5.74, 6) is -1.39. The molecular weight excluding hydrogens is 434 g/mol. The van der Waals surface area contributed by atoms with E-state index in [1.54, 1.807) is 0 Å². The van der Waals surface area contributed by atoms with Crippen molar-refractivity contribution in [2.24, 2.45) is 0 Å². The van der Waals surface area contributed by atoms with Crippen molar-refractivity contribution < 1.29 is 27.5 Å². The Labute approximate surface area is 186 Å². The number of nitrogens with zero attached hydrogens (tertiary/aromatic N) is 2. The summed E-state index contributed by atoms with van der Waals surface area (Å²) in [7, 11) is -3.72. The van der Waals surface area contributed by atoms with Crippen LogP contribution >= 0.6 is 0 Å². The summed E-state index contributed by atoms with van der Waals surface area (Å²) in [6.45, 7) is 2.63. The Morgan fingerprint density at radius 3 is 2.38 bits per heavy atom. The normalized spacial score (nSPS) is 17.4. The van der Waals surface area contributed by atoms with Crippen LogP contribution in [0, 0.1) is 0 Å². The number of fused-ring (bicyclic) bond motifs is 1. The zero-order valence-electron chi connectivity index (χ0n) is 17.5. The van der Waals surface area contributed by atoms with Gasteiger partial charge in [0.1, 0.15) is 0 Å². The molecule has 0 radical (unpaired) electrons. The Bertz CT molecular complexity index is 1160. The van der Waals surface area contributed by atoms with Gasteiger partial charge in [0.15, 0.2) is 6.10 Å². The third-order valence-electron chi connectivity index (χ3n) is 5.58. The van der Waals surface area contributed by atoms with Gasteiger partial charge in [0.05, 0.1) is 10.5 Å². The van der Waals surface area contributed by atoms with Crippen LogP contribution < -0.4 is 5.32 Å². The second-order valence-corrected chi connectivity index (χ2v) is 9.59. The van der Waals surface area contributed by atoms with Crippen molar-refractivity contribution in [3.63, 3.8) is 0 Å². The first-order valence-corrected chi connectivity index (χ1v) is 11.7. The molecule has 168 valence electrons. The third-order valence-corrected chi connectivity index (χ3v) is 7.44. The predicted octanol–water partition coefficient (Wildman–Crippen LogP) is 1.53. The van der Waals surface area contributed by atoms with Crippen molar-refractivity contribution in [2.75, 3.05) is 19.6 Å². The summed E-state index contributed by atoms with van der Waals surface area (Å²) in [5, 5.41) is 2.51. The Morgan fingerprint density at radius 1 is 1.03 bits per heavy atom. The van der Waals surface area contributed by atoms with Gasteiger partial charge in [-0.3, -0.25) is 9.69 Å². The Balaban J connectivity index is 1.43. The minimum absolute atomic E-state index is 0.0753. The fourth-order valence-corrected chi connectivity index (χ4v) is 5.19. The first-order valence-electron chi connectivity index (χ1n) is 10.2. The molecule has 9 nitrogen and oxygen atoms in total. The van der Waals surface area contributed by atoms with E-state index in [0.717, 1.165) is 16.0 Å². The standard InChI is InChI=1S/C22H23N3O6S/c1-15(20(26)25-13-11-23-22(25)28)31-21(27)17-6-8-19(9-7-17)32(29,30)24-12-10-16-4-2-3-5-18(16)14-24/h2-9,15H,10-14H2,1H3,(H,23,28). The first-order chi connectivity index (χ1) is 15.3. The highest BCUT2D eigenvalue weighted by Crippen LogP contribution is 2.25. The molecule has 0 spiro atoms. The van der Waals surface area contributed by atoms with Crippen molar-refractivity contribution in [3.05, 3.63) is 65.2 Å². The van der Waals surface area contributed by atoms with Crippen molar-refractivity contribution in [2.45, 2.75) is 30.9 Å². The van der Waals surface area contributed by atoms with E-state index in [2.05, 4.69) is 5.32 Å². The van der Waals surface area contributed by atoms with Crippen molar-refractivity contribution >= 4 is 27.9 Å². The van der Waals surface area contributed by atoms with Crippen LogP contribution in [0.15, 0.2) is 53.4 Å². The van der Waals surface area contributed by atoms with Crippen LogP contribution in [-0.2, 0) is 32.5 Å². The molecule has 2 aromatic rings. The van der Waals surface area contributed by atoms with Gasteiger partial charge in [0, 0.05) is 26.2 Å². The lowest BCUT2D eigenvalue weighted by Gasteiger charge is -2.28. The molecule has 0 bridgehead atoms. The smallest absolute Gasteiger partial charge is 0.338 e. The van der Waals surface area contributed by atoms with E-state index in [4.69, 9.17) is 4.74 Å². The lowest BCUT2D eigenvalue weighted by molar-refractivity contribution is -0.136. The maximum Gasteiger partial charge on any atom is 0.338 e. The Kier molecular flexibility index (Phi) is 5.98. The monoisotopic (exact) mass is 457 g/mol. The molecule has 2 heterocycles. The minimum Gasteiger partial charge on any atom is -0.449 e. The summed E-state index contributed by atoms with van der Waals surface area (Å²) in [6, 6.07) is 12.6. The molecule has 1 N–H and O–H groups in total. The number of hydrogen-bond acceptors (Lipinski definition) is 6. The van der Waals surface area contributed by atoms with Crippen molar-refractivity contribution in [1.82, 2.24) is 14.5 Å². The van der Waals surface area contributed by atoms with Gasteiger partial charge in [0.25, 0.3) is 5.91 Å². The Morgan fingerprint density at radius 2 is 1.72 bits per heavy atom. The number of nitrogens with one attached hydrogen (secondary N) is 1. The van der Waals surface area contributed by atoms with E-state index < -0.39 is 34.0 Å². The minimum atomic E-state index is -3.72. The van der Waals surface area contributed by atoms with Crippen LogP contribution in [0.4, 0.5) is 4.79 Å². The molecule has 0 aromatic heterocycles. The number of benzene rings is 2. The molecule has 32 heavy (non-hydrogen) atoms. The highest BCUT2D eigenvalue weighted by Gasteiger charge is 2.32. The maximum atomic E-state index is 13.0. The summed E-state index contributed by atoms with van der Waals surface area (Å²) in [6.07, 6.45) is -0.510. The summed E-state index contributed by atoms with van der Waals surface area (Å²) in [4.78, 5) is 37.3. The zero-order chi connectivity index (χ0) is 22.9. The number of amides is 3. The van der Waals surface area contributed by atoms with Crippen molar-refractivity contribution in [1.29, 1.82) is 0 Å². The van der Waals surface area contributed by atoms with Gasteiger partial charge >= 0.3 is 12.0 Å². The molecule has 1 saturated heterocycles. The maximum absolute atomic E-state index is 13.0. The number of rotatable bonds is 5. The predicted molar refractivity (Wildman–Crippen MR) is 114 cm³/mol. The van der Waals surface area contributed by atoms with Crippen LogP contribution in [0.3, 0.4) is 0 Å². The topological polar surface area (TPSA) is 113 Å². The van der Waals surface area contributed by atoms with E-state index in [-0.39, 0.29) is 17.0 Å². The number of esters is 1. The first kappa shape index (κ1) is 22.0. The van der Waals surface area contributed by atoms with E-state index in [1.807, 2.05) is 24.3 Å². The van der Waals surface area contributed by atoms with Crippen LogP contribution in [0.5, 0.6) is 0 Å². The summed E-state index contributed by atoms with van der Waals surface area (Å²) < 4.78 is 32.7. The summed E-state index contributed by atoms with van der Waals surface area (Å²) >= 11 is 0. The van der Waals surface area contributed by atoms with Crippen LogP contribution in [0.1, 0.15) is 28.4 Å². The summed E-state index contributed by atoms with van der Waals surface area (Å²) in [5.41, 5.74) is 2.23. The van der Waals surface area contributed by atoms with Gasteiger partial charge in [-0.25, -0.2) is 18.0 Å². The number of ether oxygens (including phenoxy) is 1. The Hall–Kier alpha value is -3.24.